The molecule has 10 atom stereocenters. The number of methoxy groups -OCH3 is 2. The number of benzene rings is 4. The molecule has 9 aromatic rings. The van der Waals surface area contributed by atoms with Crippen LogP contribution in [0.15, 0.2) is 151 Å². The molecule has 2 aliphatic heterocycles. The molecule has 0 spiro atoms. The number of pyridine rings is 1. The Bertz CT molecular complexity index is 3920. The summed E-state index contributed by atoms with van der Waals surface area (Å²) < 4.78 is 103. The lowest BCUT2D eigenvalue weighted by Gasteiger charge is -2.37. The number of ether oxygens (including phenoxy) is 5. The van der Waals surface area contributed by atoms with Gasteiger partial charge in [-0.25, -0.2) is 18.7 Å². The van der Waals surface area contributed by atoms with Gasteiger partial charge < -0.3 is 47.5 Å². The summed E-state index contributed by atoms with van der Waals surface area (Å²) in [5.74, 6) is -0.801. The first-order chi connectivity index (χ1) is 43.7. The molecule has 7 heterocycles. The van der Waals surface area contributed by atoms with E-state index in [0.717, 1.165) is 15.7 Å². The zero-order chi connectivity index (χ0) is 63.3. The Morgan fingerprint density at radius 3 is 1.98 bits per heavy atom. The number of hydrogen-bond acceptors (Lipinski definition) is 22. The van der Waals surface area contributed by atoms with Crippen LogP contribution < -0.4 is 25.7 Å². The van der Waals surface area contributed by atoms with Crippen LogP contribution in [-0.2, 0) is 47.3 Å². The fourth-order valence-corrected chi connectivity index (χ4v) is 11.3. The summed E-state index contributed by atoms with van der Waals surface area (Å²) in [5.41, 5.74) is -0.891. The van der Waals surface area contributed by atoms with Crippen molar-refractivity contribution in [2.45, 2.75) is 75.1 Å². The number of carbonyl (C=O) groups excluding carboxylic acids is 2. The zero-order valence-electron chi connectivity index (χ0n) is 48.3. The fourth-order valence-electron chi connectivity index (χ4n) is 9.64. The monoisotopic (exact) mass is 1270 g/mol. The number of anilines is 2. The minimum atomic E-state index is -3.90. The Hall–Kier alpha value is -8.98. The predicted octanol–water partition coefficient (Wildman–Crippen LogP) is 7.50. The second kappa shape index (κ2) is 29.6. The van der Waals surface area contributed by atoms with Crippen LogP contribution in [0.2, 0.25) is 0 Å². The average Bonchev–Trinajstić information content (AvgIpc) is 1.19. The largest absolute Gasteiger partial charge is 0.497 e. The Kier molecular flexibility index (Phi) is 21.0. The topological polar surface area (TPSA) is 348 Å². The average molecular weight is 1280 g/mol. The normalized spacial score (nSPS) is 20.4. The van der Waals surface area contributed by atoms with E-state index in [9.17, 15) is 29.1 Å². The molecule has 28 nitrogen and oxygen atoms in total. The second-order valence-electron chi connectivity index (χ2n) is 20.1. The van der Waals surface area contributed by atoms with Gasteiger partial charge in [-0.05, 0) is 65.2 Å². The Morgan fingerprint density at radius 2 is 1.38 bits per heavy atom. The first kappa shape index (κ1) is 64.0. The highest BCUT2D eigenvalue weighted by Gasteiger charge is 2.53. The number of nitriles is 1. The van der Waals surface area contributed by atoms with E-state index in [4.69, 9.17) is 41.8 Å². The minimum Gasteiger partial charge on any atom is -0.497 e. The van der Waals surface area contributed by atoms with Crippen LogP contribution in [0, 0.1) is 17.2 Å². The van der Waals surface area contributed by atoms with Gasteiger partial charge in [0.25, 0.3) is 11.5 Å². The molecule has 11 rings (SSSR count). The van der Waals surface area contributed by atoms with Gasteiger partial charge in [-0.3, -0.25) is 38.8 Å². The lowest BCUT2D eigenvalue weighted by Crippen LogP contribution is -2.40. The molecule has 0 radical (unpaired) electrons. The lowest BCUT2D eigenvalue weighted by molar-refractivity contribution is -0.118. The Balaban J connectivity index is 0.00000140. The number of H-pyrrole nitrogens is 1. The van der Waals surface area contributed by atoms with Crippen molar-refractivity contribution in [1.82, 2.24) is 54.9 Å². The van der Waals surface area contributed by atoms with Crippen LogP contribution in [0.1, 0.15) is 59.8 Å². The predicted molar refractivity (Wildman–Crippen MR) is 317 cm³/mol. The summed E-state index contributed by atoms with van der Waals surface area (Å²) in [4.78, 5) is 67.8. The summed E-state index contributed by atoms with van der Waals surface area (Å²) >= 11 is 0. The van der Waals surface area contributed by atoms with Gasteiger partial charge in [-0.15, -0.1) is 10.2 Å². The van der Waals surface area contributed by atoms with E-state index in [1.54, 1.807) is 80.8 Å². The molecule has 468 valence electrons. The number of nitrogens with one attached hydrogen (secondary N) is 3. The molecule has 90 heavy (non-hydrogen) atoms. The molecule has 4 N–H and O–H groups in total. The maximum atomic E-state index is 18.0. The number of amides is 2. The highest BCUT2D eigenvalue weighted by Crippen LogP contribution is 2.50. The summed E-state index contributed by atoms with van der Waals surface area (Å²) in [6.07, 6.45) is -10.2. The van der Waals surface area contributed by atoms with E-state index in [2.05, 4.69) is 56.2 Å². The van der Waals surface area contributed by atoms with Crippen molar-refractivity contribution >= 4 is 62.8 Å². The molecule has 0 bridgehead atoms. The smallest absolute Gasteiger partial charge is 0.333 e. The highest BCUT2D eigenvalue weighted by atomic mass is 31.2. The summed E-state index contributed by atoms with van der Waals surface area (Å²) in [6, 6.07) is 39.5. The lowest BCUT2D eigenvalue weighted by atomic mass is 9.80. The number of alkyl halides is 2. The van der Waals surface area contributed by atoms with Gasteiger partial charge in [0.05, 0.1) is 46.5 Å². The van der Waals surface area contributed by atoms with Gasteiger partial charge in [0.15, 0.2) is 52.9 Å². The van der Waals surface area contributed by atoms with Gasteiger partial charge in [0.1, 0.15) is 47.8 Å². The molecule has 5 aromatic heterocycles. The van der Waals surface area contributed by atoms with Crippen molar-refractivity contribution < 1.29 is 69.6 Å². The van der Waals surface area contributed by atoms with Crippen molar-refractivity contribution in [3.05, 3.63) is 179 Å². The zero-order valence-corrected chi connectivity index (χ0v) is 50.2. The quantitative estimate of drug-likeness (QED) is 0.0258. The van der Waals surface area contributed by atoms with Gasteiger partial charge in [0, 0.05) is 23.9 Å². The summed E-state index contributed by atoms with van der Waals surface area (Å²) in [7, 11) is -3.68. The van der Waals surface area contributed by atoms with E-state index < -0.39 is 108 Å². The molecular weight excluding hydrogens is 1220 g/mol. The van der Waals surface area contributed by atoms with Crippen LogP contribution >= 0.6 is 16.9 Å². The molecule has 2 amide bonds. The summed E-state index contributed by atoms with van der Waals surface area (Å²) in [6.45, 7) is 1.64. The number of halogens is 2. The Labute approximate surface area is 512 Å². The third kappa shape index (κ3) is 14.4. The number of rotatable bonds is 24. The van der Waals surface area contributed by atoms with Crippen molar-refractivity contribution in [3.8, 4) is 17.6 Å². The molecule has 0 saturated carbocycles. The van der Waals surface area contributed by atoms with Crippen molar-refractivity contribution in [2.24, 2.45) is 5.92 Å². The fraction of sp³-hybridized carbons (Fsp3) is 0.310. The number of aromatic nitrogens is 11. The van der Waals surface area contributed by atoms with Crippen LogP contribution in [-0.4, -0.2) is 142 Å². The molecule has 2 saturated heterocycles. The van der Waals surface area contributed by atoms with E-state index >= 15 is 8.78 Å². The number of aromatic amines is 1. The standard InChI is InChI=1S/C53H53F2N13O14P2.C5H5N/c1-29(2)47(69)61-52-60-46-41(49(71)62-52)64-66-68(46)51-43(81-83(72)73)38(54)36(79-51)27-78-84(77-25-11-24-56)82-42-37(80-50(39(42)55)67-45-40(63-65-67)44(57-28-58-45)59-48(70)30-12-7-5-8-13-30)26-76-53(31-14-9-6-10-15-31,32-16-20-34(74-3)21-17-32)33-18-22-35(75-4)23-19-33;1-2-4-6-5-3-1/h5-10,12-23,28-29,36-39,42-43,50-51,83H,11,25-27H2,1-4H3,(H,72,73)(H,57,58,59,70)(H2,60,61,62,69,71);1-5H/t36-,37-,38-,39+,42-,43+,50-,51-,84?;/m1./s1. The number of hydrogen-bond donors (Lipinski definition) is 4. The van der Waals surface area contributed by atoms with Crippen molar-refractivity contribution in [2.75, 3.05) is 44.7 Å². The second-order valence-corrected chi connectivity index (χ2v) is 22.0. The van der Waals surface area contributed by atoms with Gasteiger partial charge in [0.2, 0.25) is 11.9 Å². The molecule has 2 unspecified atom stereocenters. The van der Waals surface area contributed by atoms with Crippen molar-refractivity contribution in [1.29, 1.82) is 5.26 Å². The van der Waals surface area contributed by atoms with Gasteiger partial charge in [-0.2, -0.15) is 19.6 Å². The third-order valence-electron chi connectivity index (χ3n) is 14.0. The molecule has 0 aliphatic carbocycles. The first-order valence-corrected chi connectivity index (χ1v) is 30.1. The SMILES string of the molecule is COc1ccc(C(OC[C@H]2O[C@@H](n3nnc4c(NC(=O)c5ccccc5)ncnc43)[C@@H](F)[C@@H]2OP(OCCC#N)OC[C@H]2O[C@@H](n3nnc4c(=O)[nH]c(NC(=O)C(C)C)nc43)[C@@H](O[PH](=O)O)[C@@H]2F)(c2ccccc2)c2ccc(OC)cc2)cc1.c1ccncc1. The van der Waals surface area contributed by atoms with Crippen LogP contribution in [0.3, 0.4) is 0 Å². The third-order valence-corrected chi connectivity index (χ3v) is 15.7. The first-order valence-electron chi connectivity index (χ1n) is 27.7. The van der Waals surface area contributed by atoms with Crippen molar-refractivity contribution in [3.63, 3.8) is 0 Å². The van der Waals surface area contributed by atoms with E-state index in [1.807, 2.05) is 78.9 Å². The van der Waals surface area contributed by atoms with E-state index in [0.29, 0.717) is 33.8 Å². The van der Waals surface area contributed by atoms with Gasteiger partial charge in [-0.1, -0.05) is 103 Å². The molecular formula is C58H58F2N14O14P2. The van der Waals surface area contributed by atoms with Crippen LogP contribution in [0.25, 0.3) is 22.3 Å². The summed E-state index contributed by atoms with van der Waals surface area (Å²) in [5, 5.41) is 31.0. The van der Waals surface area contributed by atoms with E-state index in [-0.39, 0.29) is 47.1 Å². The van der Waals surface area contributed by atoms with Crippen LogP contribution in [0.5, 0.6) is 11.5 Å². The molecule has 2 fully saturated rings. The molecule has 32 heteroatoms. The number of fused-ring (bicyclic) bond motifs is 2. The molecule has 4 aromatic carbocycles. The Morgan fingerprint density at radius 1 is 0.767 bits per heavy atom. The number of carbonyl (C=O) groups is 2. The van der Waals surface area contributed by atoms with Crippen LogP contribution in [0.4, 0.5) is 20.5 Å². The maximum absolute atomic E-state index is 18.0. The van der Waals surface area contributed by atoms with Gasteiger partial charge >= 0.3 is 16.9 Å². The molecule has 2 aliphatic rings. The highest BCUT2D eigenvalue weighted by molar-refractivity contribution is 7.41. The maximum Gasteiger partial charge on any atom is 0.333 e. The minimum absolute atomic E-state index is 0.0218. The number of nitrogens with zero attached hydrogens (tertiary/aromatic N) is 11. The van der Waals surface area contributed by atoms with E-state index in [1.165, 1.54) is 14.2 Å².